The first-order valence-electron chi connectivity index (χ1n) is 8.70. The van der Waals surface area contributed by atoms with Crippen molar-refractivity contribution in [2.75, 3.05) is 0 Å². The molecule has 8 heteroatoms. The first-order valence-corrected chi connectivity index (χ1v) is 9.07. The Bertz CT molecular complexity index is 876. The fraction of sp³-hybridized carbons (Fsp3) is 0.300. The lowest BCUT2D eigenvalue weighted by Gasteiger charge is -2.22. The topological polar surface area (TPSA) is 58.6 Å². The quantitative estimate of drug-likeness (QED) is 0.691. The van der Waals surface area contributed by atoms with E-state index in [0.717, 1.165) is 10.5 Å². The molecular formula is C20H19ClF2N2O3. The fourth-order valence-corrected chi connectivity index (χ4v) is 3.28. The number of hydrogen-bond donors (Lipinski definition) is 1. The second kappa shape index (κ2) is 8.14. The maximum atomic E-state index is 12.8. The number of rotatable bonds is 7. The fourth-order valence-electron chi connectivity index (χ4n) is 3.09. The van der Waals surface area contributed by atoms with Crippen LogP contribution in [-0.4, -0.2) is 29.0 Å². The summed E-state index contributed by atoms with van der Waals surface area (Å²) in [6.07, 6.45) is 0.850. The number of hydrogen-bond acceptors (Lipinski definition) is 3. The monoisotopic (exact) mass is 408 g/mol. The Morgan fingerprint density at radius 1 is 1.14 bits per heavy atom. The van der Waals surface area contributed by atoms with Crippen molar-refractivity contribution in [2.45, 2.75) is 38.5 Å². The molecule has 3 amide bonds. The lowest BCUT2D eigenvalue weighted by molar-refractivity contribution is -0.131. The highest BCUT2D eigenvalue weighted by Crippen LogP contribution is 2.27. The molecule has 1 aliphatic heterocycles. The SMILES string of the molecule is CC1(CCc2ccc(OC(F)F)cc2)NC(=O)N(Cc2ccccc2Cl)C1=O. The molecule has 1 saturated heterocycles. The van der Waals surface area contributed by atoms with Gasteiger partial charge in [-0.2, -0.15) is 8.78 Å². The molecule has 2 aromatic rings. The van der Waals surface area contributed by atoms with Gasteiger partial charge >= 0.3 is 12.6 Å². The van der Waals surface area contributed by atoms with E-state index in [-0.39, 0.29) is 18.2 Å². The molecule has 0 aliphatic carbocycles. The Hall–Kier alpha value is -2.67. The first-order chi connectivity index (χ1) is 13.3. The highest BCUT2D eigenvalue weighted by atomic mass is 35.5. The number of alkyl halides is 2. The van der Waals surface area contributed by atoms with E-state index in [0.29, 0.717) is 23.4 Å². The summed E-state index contributed by atoms with van der Waals surface area (Å²) in [5.74, 6) is -0.254. The van der Waals surface area contributed by atoms with Gasteiger partial charge in [0.15, 0.2) is 0 Å². The summed E-state index contributed by atoms with van der Waals surface area (Å²) < 4.78 is 28.7. The number of carbonyl (C=O) groups excluding carboxylic acids is 2. The van der Waals surface area contributed by atoms with Crippen LogP contribution in [0.1, 0.15) is 24.5 Å². The average Bonchev–Trinajstić information content (AvgIpc) is 2.86. The number of amides is 3. The van der Waals surface area contributed by atoms with E-state index >= 15 is 0 Å². The van der Waals surface area contributed by atoms with Gasteiger partial charge in [0.25, 0.3) is 5.91 Å². The number of imide groups is 1. The summed E-state index contributed by atoms with van der Waals surface area (Å²) in [6.45, 7) is -1.10. The molecule has 1 unspecified atom stereocenters. The minimum absolute atomic E-state index is 0.0705. The van der Waals surface area contributed by atoms with E-state index in [1.54, 1.807) is 43.3 Å². The van der Waals surface area contributed by atoms with Gasteiger partial charge in [-0.05, 0) is 49.1 Å². The highest BCUT2D eigenvalue weighted by molar-refractivity contribution is 6.31. The van der Waals surface area contributed by atoms with Crippen molar-refractivity contribution < 1.29 is 23.1 Å². The smallest absolute Gasteiger partial charge is 0.387 e. The molecule has 148 valence electrons. The molecule has 1 fully saturated rings. The Labute approximate surface area is 166 Å². The van der Waals surface area contributed by atoms with Gasteiger partial charge in [0.05, 0.1) is 6.54 Å². The largest absolute Gasteiger partial charge is 0.435 e. The van der Waals surface area contributed by atoms with Crippen LogP contribution in [0.25, 0.3) is 0 Å². The van der Waals surface area contributed by atoms with Gasteiger partial charge in [0.1, 0.15) is 11.3 Å². The number of benzene rings is 2. The number of nitrogens with one attached hydrogen (secondary N) is 1. The molecule has 1 N–H and O–H groups in total. The molecule has 0 radical (unpaired) electrons. The molecule has 28 heavy (non-hydrogen) atoms. The van der Waals surface area contributed by atoms with Crippen LogP contribution in [0.2, 0.25) is 5.02 Å². The Morgan fingerprint density at radius 2 is 1.82 bits per heavy atom. The molecular weight excluding hydrogens is 390 g/mol. The second-order valence-corrected chi connectivity index (χ2v) is 7.17. The van der Waals surface area contributed by atoms with Crippen LogP contribution in [0.3, 0.4) is 0 Å². The number of nitrogens with zero attached hydrogens (tertiary/aromatic N) is 1. The Morgan fingerprint density at radius 3 is 2.46 bits per heavy atom. The standard InChI is InChI=1S/C20H19ClF2N2O3/c1-20(11-10-13-6-8-15(9-7-13)28-18(22)23)17(26)25(19(27)24-20)12-14-4-2-3-5-16(14)21/h2-9,18H,10-12H2,1H3,(H,24,27). The molecule has 5 nitrogen and oxygen atoms in total. The van der Waals surface area contributed by atoms with Gasteiger partial charge in [-0.3, -0.25) is 9.69 Å². The number of ether oxygens (including phenoxy) is 1. The molecule has 2 aromatic carbocycles. The summed E-state index contributed by atoms with van der Waals surface area (Å²) >= 11 is 6.13. The van der Waals surface area contributed by atoms with Crippen LogP contribution in [0.4, 0.5) is 13.6 Å². The van der Waals surface area contributed by atoms with E-state index in [1.165, 1.54) is 12.1 Å². The zero-order chi connectivity index (χ0) is 20.3. The van der Waals surface area contributed by atoms with E-state index < -0.39 is 18.2 Å². The Kier molecular flexibility index (Phi) is 5.84. The van der Waals surface area contributed by atoms with Crippen LogP contribution in [0, 0.1) is 0 Å². The zero-order valence-electron chi connectivity index (χ0n) is 15.1. The molecule has 0 saturated carbocycles. The third-order valence-electron chi connectivity index (χ3n) is 4.69. The van der Waals surface area contributed by atoms with E-state index in [2.05, 4.69) is 10.1 Å². The maximum absolute atomic E-state index is 12.8. The highest BCUT2D eigenvalue weighted by Gasteiger charge is 2.47. The van der Waals surface area contributed by atoms with Crippen LogP contribution < -0.4 is 10.1 Å². The molecule has 3 rings (SSSR count). The summed E-state index contributed by atoms with van der Waals surface area (Å²) in [4.78, 5) is 26.3. The van der Waals surface area contributed by atoms with Crippen molar-refractivity contribution in [3.05, 3.63) is 64.7 Å². The normalized spacial score (nSPS) is 19.2. The molecule has 1 aliphatic rings. The lowest BCUT2D eigenvalue weighted by atomic mass is 9.93. The van der Waals surface area contributed by atoms with Gasteiger partial charge in [0, 0.05) is 5.02 Å². The minimum atomic E-state index is -2.87. The van der Waals surface area contributed by atoms with E-state index in [9.17, 15) is 18.4 Å². The van der Waals surface area contributed by atoms with Crippen LogP contribution in [0.5, 0.6) is 5.75 Å². The Balaban J connectivity index is 1.65. The van der Waals surface area contributed by atoms with Crippen molar-refractivity contribution in [2.24, 2.45) is 0 Å². The number of halogens is 3. The van der Waals surface area contributed by atoms with Gasteiger partial charge in [-0.25, -0.2) is 4.79 Å². The third-order valence-corrected chi connectivity index (χ3v) is 5.06. The van der Waals surface area contributed by atoms with Crippen molar-refractivity contribution in [3.63, 3.8) is 0 Å². The van der Waals surface area contributed by atoms with E-state index in [1.807, 2.05) is 0 Å². The summed E-state index contributed by atoms with van der Waals surface area (Å²) in [5.41, 5.74) is 0.484. The number of carbonyl (C=O) groups is 2. The van der Waals surface area contributed by atoms with Gasteiger partial charge in [-0.15, -0.1) is 0 Å². The molecule has 1 atom stereocenters. The van der Waals surface area contributed by atoms with Crippen molar-refractivity contribution in [1.82, 2.24) is 10.2 Å². The van der Waals surface area contributed by atoms with Gasteiger partial charge < -0.3 is 10.1 Å². The predicted molar refractivity (Wildman–Crippen MR) is 100 cm³/mol. The zero-order valence-corrected chi connectivity index (χ0v) is 15.9. The molecule has 0 bridgehead atoms. The van der Waals surface area contributed by atoms with Gasteiger partial charge in [-0.1, -0.05) is 41.9 Å². The number of aryl methyl sites for hydroxylation is 1. The van der Waals surface area contributed by atoms with Gasteiger partial charge in [0.2, 0.25) is 0 Å². The summed E-state index contributed by atoms with van der Waals surface area (Å²) in [6, 6.07) is 12.8. The van der Waals surface area contributed by atoms with E-state index in [4.69, 9.17) is 11.6 Å². The van der Waals surface area contributed by atoms with Crippen molar-refractivity contribution >= 4 is 23.5 Å². The predicted octanol–water partition coefficient (Wildman–Crippen LogP) is 4.38. The summed E-state index contributed by atoms with van der Waals surface area (Å²) in [5, 5.41) is 3.24. The first kappa shape index (κ1) is 20.1. The summed E-state index contributed by atoms with van der Waals surface area (Å²) in [7, 11) is 0. The van der Waals surface area contributed by atoms with Crippen molar-refractivity contribution in [1.29, 1.82) is 0 Å². The van der Waals surface area contributed by atoms with Crippen molar-refractivity contribution in [3.8, 4) is 5.75 Å². The molecule has 0 aromatic heterocycles. The molecule has 1 heterocycles. The number of urea groups is 1. The van der Waals surface area contributed by atoms with Crippen LogP contribution >= 0.6 is 11.6 Å². The second-order valence-electron chi connectivity index (χ2n) is 6.77. The molecule has 0 spiro atoms. The third kappa shape index (κ3) is 4.42. The van der Waals surface area contributed by atoms with Crippen LogP contribution in [-0.2, 0) is 17.8 Å². The minimum Gasteiger partial charge on any atom is -0.435 e. The van der Waals surface area contributed by atoms with Crippen LogP contribution in [0.15, 0.2) is 48.5 Å². The maximum Gasteiger partial charge on any atom is 0.387 e. The average molecular weight is 409 g/mol. The lowest BCUT2D eigenvalue weighted by Crippen LogP contribution is -2.44.